The Labute approximate surface area is 252 Å². The third kappa shape index (κ3) is 3.48. The predicted molar refractivity (Wildman–Crippen MR) is 185 cm³/mol. The van der Waals surface area contributed by atoms with Gasteiger partial charge in [-0.3, -0.25) is 0 Å². The van der Waals surface area contributed by atoms with E-state index in [-0.39, 0.29) is 6.71 Å². The summed E-state index contributed by atoms with van der Waals surface area (Å²) in [6, 6.07) is 55.5. The van der Waals surface area contributed by atoms with Crippen molar-refractivity contribution < 1.29 is 0 Å². The third-order valence-corrected chi connectivity index (χ3v) is 8.75. The maximum Gasteiger partial charge on any atom is 0.252 e. The molecule has 2 aliphatic rings. The van der Waals surface area contributed by atoms with E-state index in [1.54, 1.807) is 0 Å². The summed E-state index contributed by atoms with van der Waals surface area (Å²) in [6.07, 6.45) is 0. The second kappa shape index (κ2) is 9.43. The van der Waals surface area contributed by atoms with Crippen LogP contribution >= 0.6 is 0 Å². The van der Waals surface area contributed by atoms with Crippen molar-refractivity contribution >= 4 is 87.1 Å². The van der Waals surface area contributed by atoms with E-state index < -0.39 is 8.30 Å². The van der Waals surface area contributed by atoms with Gasteiger partial charge in [0.1, 0.15) is 0 Å². The van der Waals surface area contributed by atoms with Crippen LogP contribution < -0.4 is 26.2 Å². The summed E-state index contributed by atoms with van der Waals surface area (Å²) in [4.78, 5) is 4.93. The van der Waals surface area contributed by atoms with Crippen LogP contribution in [0.2, 0.25) is 0 Å². The Kier molecular flexibility index (Phi) is 4.83. The highest BCUT2D eigenvalue weighted by molar-refractivity contribution is 7.00. The van der Waals surface area contributed by atoms with Gasteiger partial charge in [0.15, 0.2) is 0 Å². The van der Waals surface area contributed by atoms with Crippen molar-refractivity contribution in [3.8, 4) is 0 Å². The maximum absolute atomic E-state index is 5.92. The van der Waals surface area contributed by atoms with Crippen LogP contribution in [0.4, 0.5) is 34.1 Å². The first kappa shape index (κ1) is 21.5. The number of anilines is 6. The fraction of sp³-hybridized carbons (Fsp3) is 0. The maximum atomic E-state index is 5.92. The zero-order chi connectivity index (χ0) is 30.5. The van der Waals surface area contributed by atoms with E-state index >= 15 is 0 Å². The average Bonchev–Trinajstić information content (AvgIpc) is 3.07. The largest absolute Gasteiger partial charge is 0.311 e. The summed E-state index contributed by atoms with van der Waals surface area (Å²) in [5, 5.41) is 5.06. The van der Waals surface area contributed by atoms with Gasteiger partial charge in [0.25, 0.3) is 6.71 Å². The molecule has 4 heteroatoms. The fourth-order valence-electron chi connectivity index (χ4n) is 7.02. The van der Waals surface area contributed by atoms with Crippen molar-refractivity contribution in [1.82, 2.24) is 0 Å². The number of benzene rings is 7. The molecule has 0 unspecified atom stereocenters. The smallest absolute Gasteiger partial charge is 0.252 e. The number of hydrogen-bond donors (Lipinski definition) is 0. The lowest BCUT2D eigenvalue weighted by Crippen LogP contribution is -2.61. The molecule has 7 aromatic carbocycles. The fourth-order valence-corrected chi connectivity index (χ4v) is 7.02. The van der Waals surface area contributed by atoms with Crippen molar-refractivity contribution in [2.75, 3.05) is 9.80 Å². The van der Waals surface area contributed by atoms with Gasteiger partial charge in [-0.1, -0.05) is 103 Å². The van der Waals surface area contributed by atoms with Crippen molar-refractivity contribution in [3.63, 3.8) is 0 Å². The molecule has 7 aromatic rings. The zero-order valence-corrected chi connectivity index (χ0v) is 23.0. The Bertz CT molecular complexity index is 2040. The summed E-state index contributed by atoms with van der Waals surface area (Å²) in [5.41, 5.74) is 11.4. The Morgan fingerprint density at radius 3 is 1.24 bits per heavy atom. The zero-order valence-electron chi connectivity index (χ0n) is 26.0. The highest BCUT2D eigenvalue weighted by atomic mass is 15.2. The highest BCUT2D eigenvalue weighted by Crippen LogP contribution is 2.44. The van der Waals surface area contributed by atoms with Gasteiger partial charge in [-0.25, -0.2) is 0 Å². The van der Waals surface area contributed by atoms with E-state index in [2.05, 4.69) is 161 Å². The lowest BCUT2D eigenvalue weighted by molar-refractivity contribution is 1.26. The SMILES string of the molecule is [2H]B([2H])[2H].c1ccc(N2c3cc4ccccc4cc3B3c4cc5ccccc5cc4N(c4ccccc4)c4cccc2c43)cc1. The van der Waals surface area contributed by atoms with Gasteiger partial charge in [0.2, 0.25) is 0 Å². The molecule has 0 bridgehead atoms. The molecular weight excluding hydrogens is 506 g/mol. The molecular formula is C38H28B2N2. The van der Waals surface area contributed by atoms with E-state index in [1.807, 2.05) is 0 Å². The average molecular weight is 537 g/mol. The number of hydrogen-bond acceptors (Lipinski definition) is 2. The Morgan fingerprint density at radius 1 is 0.429 bits per heavy atom. The molecule has 0 atom stereocenters. The van der Waals surface area contributed by atoms with E-state index in [4.69, 9.17) is 4.01 Å². The highest BCUT2D eigenvalue weighted by Gasteiger charge is 2.43. The van der Waals surface area contributed by atoms with Gasteiger partial charge in [0.05, 0.1) is 8.30 Å². The second-order valence-corrected chi connectivity index (χ2v) is 11.0. The molecule has 2 nitrogen and oxygen atoms in total. The predicted octanol–water partition coefficient (Wildman–Crippen LogP) is 6.89. The van der Waals surface area contributed by atoms with E-state index in [0.29, 0.717) is 0 Å². The molecule has 0 aromatic heterocycles. The summed E-state index contributed by atoms with van der Waals surface area (Å²) >= 11 is 0. The molecule has 2 aliphatic heterocycles. The van der Waals surface area contributed by atoms with Crippen LogP contribution in [0.15, 0.2) is 152 Å². The standard InChI is InChI=1S/C38H25BN2.BH3/c1-3-16-30(17-4-1)40-34-20-11-21-35-38(34)39(32-22-26-12-7-9-14-28(26)24-36(32)40)33-23-27-13-8-10-15-29(27)25-37(33)41(35)31-18-5-2-6-19-31;/h1-25H;1H3/i;1D3. The van der Waals surface area contributed by atoms with Crippen molar-refractivity contribution in [2.45, 2.75) is 0 Å². The molecule has 0 N–H and O–H groups in total. The first-order valence-electron chi connectivity index (χ1n) is 16.0. The van der Waals surface area contributed by atoms with Gasteiger partial charge in [0, 0.05) is 34.1 Å². The first-order valence-corrected chi connectivity index (χ1v) is 14.2. The summed E-state index contributed by atoms with van der Waals surface area (Å²) < 4.78 is 17.8. The molecule has 0 fully saturated rings. The molecule has 0 aliphatic carbocycles. The summed E-state index contributed by atoms with van der Waals surface area (Å²) in [5.74, 6) is 0. The topological polar surface area (TPSA) is 6.48 Å². The first-order chi connectivity index (χ1) is 22.1. The molecule has 0 amide bonds. The summed E-state index contributed by atoms with van der Waals surface area (Å²) in [7, 11) is -1.42. The summed E-state index contributed by atoms with van der Waals surface area (Å²) in [6.45, 7) is 0.111. The van der Waals surface area contributed by atoms with Gasteiger partial charge < -0.3 is 9.80 Å². The van der Waals surface area contributed by atoms with E-state index in [9.17, 15) is 0 Å². The number of fused-ring (bicyclic) bond motifs is 6. The Hall–Kier alpha value is -5.21. The van der Waals surface area contributed by atoms with Crippen LogP contribution in [0.5, 0.6) is 0 Å². The van der Waals surface area contributed by atoms with Crippen LogP contribution in [0.25, 0.3) is 21.5 Å². The van der Waals surface area contributed by atoms with Gasteiger partial charge in [-0.15, -0.1) is 0 Å². The monoisotopic (exact) mass is 537 g/mol. The van der Waals surface area contributed by atoms with Crippen molar-refractivity contribution in [2.24, 2.45) is 0 Å². The Morgan fingerprint density at radius 2 is 0.810 bits per heavy atom. The lowest BCUT2D eigenvalue weighted by Gasteiger charge is -2.44. The third-order valence-electron chi connectivity index (χ3n) is 8.75. The van der Waals surface area contributed by atoms with E-state index in [1.165, 1.54) is 72.1 Å². The molecule has 9 rings (SSSR count). The number of para-hydroxylation sites is 2. The molecule has 196 valence electrons. The van der Waals surface area contributed by atoms with Crippen LogP contribution in [-0.4, -0.2) is 19.0 Å². The normalized spacial score (nSPS) is 13.6. The molecule has 0 saturated heterocycles. The molecule has 0 radical (unpaired) electrons. The lowest BCUT2D eigenvalue weighted by atomic mass is 9.33. The van der Waals surface area contributed by atoms with Gasteiger partial charge in [-0.2, -0.15) is 0 Å². The molecule has 0 spiro atoms. The minimum Gasteiger partial charge on any atom is -0.311 e. The number of rotatable bonds is 2. The van der Waals surface area contributed by atoms with Crippen LogP contribution in [0.1, 0.15) is 0 Å². The van der Waals surface area contributed by atoms with Crippen molar-refractivity contribution in [3.05, 3.63) is 152 Å². The molecule has 42 heavy (non-hydrogen) atoms. The van der Waals surface area contributed by atoms with Crippen LogP contribution in [0, 0.1) is 0 Å². The van der Waals surface area contributed by atoms with E-state index in [0.717, 1.165) is 0 Å². The number of nitrogens with zero attached hydrogens (tertiary/aromatic N) is 2. The molecule has 0 saturated carbocycles. The minimum absolute atomic E-state index is 0.111. The van der Waals surface area contributed by atoms with Crippen molar-refractivity contribution in [1.29, 1.82) is 4.01 Å². The van der Waals surface area contributed by atoms with Gasteiger partial charge >= 0.3 is 0 Å². The Balaban J connectivity index is 0.000000712. The quantitative estimate of drug-likeness (QED) is 0.222. The second-order valence-electron chi connectivity index (χ2n) is 11.0. The minimum atomic E-state index is -1.42. The molecule has 2 heterocycles. The van der Waals surface area contributed by atoms with Crippen LogP contribution in [-0.2, 0) is 0 Å². The van der Waals surface area contributed by atoms with Gasteiger partial charge in [-0.05, 0) is 90.5 Å². The van der Waals surface area contributed by atoms with Crippen LogP contribution in [0.3, 0.4) is 0 Å².